The van der Waals surface area contributed by atoms with Crippen molar-refractivity contribution in [3.05, 3.63) is 64.8 Å². The van der Waals surface area contributed by atoms with Crippen LogP contribution >= 0.6 is 0 Å². The number of halogens is 1. The van der Waals surface area contributed by atoms with Crippen LogP contribution in [0.4, 0.5) is 15.8 Å². The molecule has 8 nitrogen and oxygen atoms in total. The molecule has 2 N–H and O–H groups in total. The van der Waals surface area contributed by atoms with Crippen molar-refractivity contribution < 1.29 is 14.2 Å². The number of H-pyrrole nitrogens is 1. The number of piperazine rings is 1. The molecular weight excluding hydrogens is 473 g/mol. The zero-order chi connectivity index (χ0) is 25.5. The Bertz CT molecular complexity index is 1510. The number of fused-ring (bicyclic) bond motifs is 2. The van der Waals surface area contributed by atoms with E-state index in [4.69, 9.17) is 4.74 Å². The third-order valence-corrected chi connectivity index (χ3v) is 7.80. The number of pyridine rings is 2. The lowest BCUT2D eigenvalue weighted by Crippen LogP contribution is -2.53. The van der Waals surface area contributed by atoms with E-state index in [0.29, 0.717) is 33.8 Å². The Morgan fingerprint density at radius 3 is 2.57 bits per heavy atom. The second-order valence-electron chi connectivity index (χ2n) is 9.78. The van der Waals surface area contributed by atoms with Gasteiger partial charge in [0, 0.05) is 81.3 Å². The van der Waals surface area contributed by atoms with Crippen LogP contribution in [-0.4, -0.2) is 72.4 Å². The molecule has 9 heteroatoms. The Kier molecular flexibility index (Phi) is 6.08. The van der Waals surface area contributed by atoms with Gasteiger partial charge in [0.1, 0.15) is 28.5 Å². The van der Waals surface area contributed by atoms with Gasteiger partial charge in [0.2, 0.25) is 0 Å². The number of hydrogen-bond donors (Lipinski definition) is 2. The minimum absolute atomic E-state index is 0.0190. The van der Waals surface area contributed by atoms with E-state index in [9.17, 15) is 14.3 Å². The number of nitrogens with one attached hydrogen (secondary N) is 1. The number of hydrogen-bond acceptors (Lipinski definition) is 7. The average molecular weight is 504 g/mol. The van der Waals surface area contributed by atoms with Gasteiger partial charge in [-0.25, -0.2) is 4.39 Å². The standard InChI is InChI=1S/C28H30FN5O3/c1-37-19-15-21-24(35)4-8-31-26(21)23(16-19)33-13-11-32(12-14-33)18-5-9-34(10-6-18)28-25(36)17-22(29)20-3-2-7-30-27(20)28/h2-4,7-8,15-18,36H,5-6,9-14H2,1H3,(H,31,35). The van der Waals surface area contributed by atoms with Gasteiger partial charge >= 0.3 is 0 Å². The maximum Gasteiger partial charge on any atom is 0.189 e. The number of nitrogens with zero attached hydrogens (tertiary/aromatic N) is 4. The summed E-state index contributed by atoms with van der Waals surface area (Å²) in [4.78, 5) is 27.1. The molecule has 0 aliphatic carbocycles. The number of aromatic nitrogens is 2. The first-order chi connectivity index (χ1) is 18.0. The molecular formula is C28H30FN5O3. The Hall–Kier alpha value is -3.85. The Labute approximate surface area is 213 Å². The maximum absolute atomic E-state index is 14.3. The zero-order valence-corrected chi connectivity index (χ0v) is 20.8. The van der Waals surface area contributed by atoms with Crippen molar-refractivity contribution in [1.82, 2.24) is 14.9 Å². The van der Waals surface area contributed by atoms with E-state index < -0.39 is 5.82 Å². The summed E-state index contributed by atoms with van der Waals surface area (Å²) < 4.78 is 19.8. The molecule has 0 spiro atoms. The molecule has 0 atom stereocenters. The molecule has 0 amide bonds. The van der Waals surface area contributed by atoms with Gasteiger partial charge in [-0.15, -0.1) is 0 Å². The number of benzene rings is 2. The summed E-state index contributed by atoms with van der Waals surface area (Å²) in [5, 5.41) is 11.6. The van der Waals surface area contributed by atoms with Crippen LogP contribution in [0.5, 0.6) is 11.5 Å². The molecule has 2 aliphatic heterocycles. The SMILES string of the molecule is COc1cc(N2CCN(C3CCN(c4c(O)cc(F)c5cccnc45)CC3)CC2)c2[nH]ccc(=O)c2c1. The first-order valence-corrected chi connectivity index (χ1v) is 12.7. The summed E-state index contributed by atoms with van der Waals surface area (Å²) in [6.45, 7) is 5.11. The summed E-state index contributed by atoms with van der Waals surface area (Å²) in [6.07, 6.45) is 5.25. The zero-order valence-electron chi connectivity index (χ0n) is 20.8. The van der Waals surface area contributed by atoms with E-state index in [1.807, 2.05) is 6.07 Å². The highest BCUT2D eigenvalue weighted by Crippen LogP contribution is 2.38. The molecule has 4 aromatic rings. The van der Waals surface area contributed by atoms with Crippen molar-refractivity contribution in [2.45, 2.75) is 18.9 Å². The number of phenolic OH excluding ortho intramolecular Hbond substituents is 1. The van der Waals surface area contributed by atoms with Crippen molar-refractivity contribution in [3.8, 4) is 11.5 Å². The van der Waals surface area contributed by atoms with Gasteiger partial charge in [0.05, 0.1) is 23.7 Å². The second-order valence-corrected chi connectivity index (χ2v) is 9.78. The third kappa shape index (κ3) is 4.23. The molecule has 0 radical (unpaired) electrons. The van der Waals surface area contributed by atoms with E-state index in [-0.39, 0.29) is 11.2 Å². The summed E-state index contributed by atoms with van der Waals surface area (Å²) in [5.74, 6) is 0.171. The minimum atomic E-state index is -0.454. The van der Waals surface area contributed by atoms with Crippen LogP contribution < -0.4 is 20.0 Å². The highest BCUT2D eigenvalue weighted by Gasteiger charge is 2.30. The van der Waals surface area contributed by atoms with E-state index in [1.165, 1.54) is 6.07 Å². The van der Waals surface area contributed by atoms with Gasteiger partial charge in [-0.3, -0.25) is 14.7 Å². The molecule has 0 unspecified atom stereocenters. The number of methoxy groups -OCH3 is 1. The number of aromatic hydroxyl groups is 1. The normalized spacial score (nSPS) is 17.6. The molecule has 192 valence electrons. The fourth-order valence-corrected chi connectivity index (χ4v) is 5.87. The predicted molar refractivity (Wildman–Crippen MR) is 144 cm³/mol. The van der Waals surface area contributed by atoms with Gasteiger partial charge in [-0.05, 0) is 31.0 Å². The lowest BCUT2D eigenvalue weighted by atomic mass is 10.0. The van der Waals surface area contributed by atoms with Gasteiger partial charge in [0.25, 0.3) is 0 Å². The molecule has 0 bridgehead atoms. The van der Waals surface area contributed by atoms with Crippen LogP contribution in [0.15, 0.2) is 53.6 Å². The van der Waals surface area contributed by atoms with E-state index in [0.717, 1.165) is 63.3 Å². The van der Waals surface area contributed by atoms with Crippen LogP contribution in [0.1, 0.15) is 12.8 Å². The number of aromatic amines is 1. The van der Waals surface area contributed by atoms with Crippen LogP contribution in [0.3, 0.4) is 0 Å². The first kappa shape index (κ1) is 23.5. The Balaban J connectivity index is 1.15. The van der Waals surface area contributed by atoms with Crippen LogP contribution in [0, 0.1) is 5.82 Å². The van der Waals surface area contributed by atoms with Gasteiger partial charge in [-0.2, -0.15) is 0 Å². The van der Waals surface area contributed by atoms with Crippen molar-refractivity contribution in [2.24, 2.45) is 0 Å². The van der Waals surface area contributed by atoms with Gasteiger partial charge in [0.15, 0.2) is 5.43 Å². The van der Waals surface area contributed by atoms with Crippen LogP contribution in [0.25, 0.3) is 21.8 Å². The lowest BCUT2D eigenvalue weighted by Gasteiger charge is -2.44. The molecule has 0 saturated carbocycles. The second kappa shape index (κ2) is 9.55. The van der Waals surface area contributed by atoms with Crippen molar-refractivity contribution in [1.29, 1.82) is 0 Å². The van der Waals surface area contributed by atoms with Crippen LogP contribution in [-0.2, 0) is 0 Å². The van der Waals surface area contributed by atoms with E-state index >= 15 is 0 Å². The molecule has 2 fully saturated rings. The quantitative estimate of drug-likeness (QED) is 0.439. The van der Waals surface area contributed by atoms with Gasteiger partial charge in [-0.1, -0.05) is 0 Å². The van der Waals surface area contributed by atoms with Crippen LogP contribution in [0.2, 0.25) is 0 Å². The van der Waals surface area contributed by atoms with Crippen molar-refractivity contribution >= 4 is 33.2 Å². The maximum atomic E-state index is 14.3. The fourth-order valence-electron chi connectivity index (χ4n) is 5.87. The summed E-state index contributed by atoms with van der Waals surface area (Å²) in [5.41, 5.74) is 2.95. The minimum Gasteiger partial charge on any atom is -0.506 e. The molecule has 4 heterocycles. The molecule has 37 heavy (non-hydrogen) atoms. The summed E-state index contributed by atoms with van der Waals surface area (Å²) in [6, 6.07) is 10.4. The van der Waals surface area contributed by atoms with E-state index in [1.54, 1.807) is 43.8 Å². The number of rotatable bonds is 4. The highest BCUT2D eigenvalue weighted by atomic mass is 19.1. The Morgan fingerprint density at radius 2 is 1.81 bits per heavy atom. The third-order valence-electron chi connectivity index (χ3n) is 7.80. The highest BCUT2D eigenvalue weighted by molar-refractivity contribution is 5.95. The largest absolute Gasteiger partial charge is 0.506 e. The smallest absolute Gasteiger partial charge is 0.189 e. The monoisotopic (exact) mass is 503 g/mol. The predicted octanol–water partition coefficient (Wildman–Crippen LogP) is 3.72. The average Bonchev–Trinajstić information content (AvgIpc) is 2.93. The molecule has 6 rings (SSSR count). The first-order valence-electron chi connectivity index (χ1n) is 12.7. The molecule has 2 aromatic carbocycles. The number of anilines is 2. The van der Waals surface area contributed by atoms with Crippen molar-refractivity contribution in [3.63, 3.8) is 0 Å². The number of phenols is 1. The van der Waals surface area contributed by atoms with Gasteiger partial charge < -0.3 is 24.6 Å². The fraction of sp³-hybridized carbons (Fsp3) is 0.357. The molecule has 2 aliphatic rings. The summed E-state index contributed by atoms with van der Waals surface area (Å²) in [7, 11) is 1.62. The van der Waals surface area contributed by atoms with Crippen molar-refractivity contribution in [2.75, 3.05) is 56.2 Å². The number of ether oxygens (including phenoxy) is 1. The Morgan fingerprint density at radius 1 is 1.03 bits per heavy atom. The van der Waals surface area contributed by atoms with E-state index in [2.05, 4.69) is 24.7 Å². The topological polar surface area (TPSA) is 84.9 Å². The summed E-state index contributed by atoms with van der Waals surface area (Å²) >= 11 is 0. The molecule has 2 saturated heterocycles. The lowest BCUT2D eigenvalue weighted by molar-refractivity contribution is 0.160. The number of piperidine rings is 1. The molecule has 2 aromatic heterocycles.